The monoisotopic (exact) mass is 344 g/mol. The van der Waals surface area contributed by atoms with Gasteiger partial charge in [-0.1, -0.05) is 13.8 Å². The summed E-state index contributed by atoms with van der Waals surface area (Å²) < 4.78 is 0. The van der Waals surface area contributed by atoms with E-state index < -0.39 is 11.1 Å². The second-order valence-corrected chi connectivity index (χ2v) is 7.51. The molecule has 0 aliphatic rings. The summed E-state index contributed by atoms with van der Waals surface area (Å²) >= 11 is 0. The van der Waals surface area contributed by atoms with E-state index in [1.165, 1.54) is 0 Å². The Morgan fingerprint density at radius 1 is 0.833 bits per heavy atom. The van der Waals surface area contributed by atoms with Crippen molar-refractivity contribution in [1.82, 2.24) is 10.6 Å². The summed E-state index contributed by atoms with van der Waals surface area (Å²) in [5.41, 5.74) is -1.34. The van der Waals surface area contributed by atoms with E-state index in [1.807, 2.05) is 0 Å². The van der Waals surface area contributed by atoms with Crippen molar-refractivity contribution >= 4 is 11.8 Å². The van der Waals surface area contributed by atoms with Crippen LogP contribution in [0.1, 0.15) is 41.5 Å². The summed E-state index contributed by atoms with van der Waals surface area (Å²) in [6, 6.07) is 0. The van der Waals surface area contributed by atoms with Crippen LogP contribution in [0, 0.1) is 11.8 Å². The maximum Gasteiger partial charge on any atom is 0.225 e. The molecule has 4 N–H and O–H groups in total. The molecule has 0 aliphatic heterocycles. The van der Waals surface area contributed by atoms with Crippen molar-refractivity contribution in [3.8, 4) is 0 Å². The highest BCUT2D eigenvalue weighted by Gasteiger charge is 2.23. The lowest BCUT2D eigenvalue weighted by Gasteiger charge is -2.25. The van der Waals surface area contributed by atoms with Gasteiger partial charge in [-0.15, -0.1) is 0 Å². The first-order valence-corrected chi connectivity index (χ1v) is 8.13. The van der Waals surface area contributed by atoms with E-state index in [-0.39, 0.29) is 50.0 Å². The molecular formula is C16H32N4O4. The second kappa shape index (κ2) is 9.68. The molecule has 2 amide bonds. The van der Waals surface area contributed by atoms with Crippen molar-refractivity contribution < 1.29 is 19.8 Å². The van der Waals surface area contributed by atoms with Gasteiger partial charge in [-0.3, -0.25) is 9.59 Å². The Kier molecular flexibility index (Phi) is 9.06. The molecule has 0 bridgehead atoms. The Balaban J connectivity index is 4.28. The number of hydrogen-bond donors (Lipinski definition) is 4. The van der Waals surface area contributed by atoms with Gasteiger partial charge in [-0.05, 0) is 27.7 Å². The predicted molar refractivity (Wildman–Crippen MR) is 91.5 cm³/mol. The zero-order chi connectivity index (χ0) is 19.0. The fourth-order valence-corrected chi connectivity index (χ4v) is 1.52. The van der Waals surface area contributed by atoms with Crippen LogP contribution in [-0.2, 0) is 9.59 Å². The van der Waals surface area contributed by atoms with Crippen molar-refractivity contribution in [2.24, 2.45) is 22.1 Å². The number of carbonyl (C=O) groups excluding carboxylic acids is 2. The average molecular weight is 344 g/mol. The Morgan fingerprint density at radius 2 is 1.12 bits per heavy atom. The smallest absolute Gasteiger partial charge is 0.225 e. The quantitative estimate of drug-likeness (QED) is 0.430. The first-order chi connectivity index (χ1) is 10.9. The molecule has 0 aliphatic carbocycles. The zero-order valence-electron chi connectivity index (χ0n) is 15.6. The molecular weight excluding hydrogens is 312 g/mol. The van der Waals surface area contributed by atoms with E-state index in [4.69, 9.17) is 10.2 Å². The van der Waals surface area contributed by atoms with Gasteiger partial charge in [0.15, 0.2) is 0 Å². The molecule has 0 radical (unpaired) electrons. The van der Waals surface area contributed by atoms with Crippen LogP contribution in [0.5, 0.6) is 0 Å². The first kappa shape index (κ1) is 22.5. The third kappa shape index (κ3) is 8.93. The van der Waals surface area contributed by atoms with Crippen LogP contribution in [0.2, 0.25) is 0 Å². The standard InChI is InChI=1S/C16H32N4O4/c1-11(13(23)19-15(3,4)9-21)7-17-18-8-12(2)14(24)20-16(5,6)10-22/h11-12,21-22H,7-10H2,1-6H3,(H,19,23)(H,20,24). The highest BCUT2D eigenvalue weighted by Crippen LogP contribution is 2.06. The molecule has 24 heavy (non-hydrogen) atoms. The van der Waals surface area contributed by atoms with Crippen LogP contribution < -0.4 is 10.6 Å². The van der Waals surface area contributed by atoms with Gasteiger partial charge in [-0.25, -0.2) is 0 Å². The zero-order valence-corrected chi connectivity index (χ0v) is 15.6. The molecule has 0 aromatic heterocycles. The van der Waals surface area contributed by atoms with Crippen LogP contribution >= 0.6 is 0 Å². The number of rotatable bonds is 10. The van der Waals surface area contributed by atoms with E-state index in [9.17, 15) is 9.59 Å². The number of nitrogens with zero attached hydrogens (tertiary/aromatic N) is 2. The number of hydrogen-bond acceptors (Lipinski definition) is 6. The van der Waals surface area contributed by atoms with Crippen molar-refractivity contribution in [3.05, 3.63) is 0 Å². The summed E-state index contributed by atoms with van der Waals surface area (Å²) in [5, 5.41) is 31.7. The summed E-state index contributed by atoms with van der Waals surface area (Å²) in [6.07, 6.45) is 0. The Labute approximate surface area is 144 Å². The van der Waals surface area contributed by atoms with E-state index in [2.05, 4.69) is 20.9 Å². The fraction of sp³-hybridized carbons (Fsp3) is 0.875. The molecule has 0 saturated carbocycles. The molecule has 0 rings (SSSR count). The fourth-order valence-electron chi connectivity index (χ4n) is 1.52. The number of nitrogens with one attached hydrogen (secondary N) is 2. The number of amides is 2. The van der Waals surface area contributed by atoms with Gasteiger partial charge in [0.25, 0.3) is 0 Å². The molecule has 8 heteroatoms. The molecule has 8 nitrogen and oxygen atoms in total. The van der Waals surface area contributed by atoms with Crippen molar-refractivity contribution in [2.75, 3.05) is 26.3 Å². The maximum atomic E-state index is 11.9. The van der Waals surface area contributed by atoms with Crippen LogP contribution in [0.15, 0.2) is 10.2 Å². The summed E-state index contributed by atoms with van der Waals surface area (Å²) in [7, 11) is 0. The van der Waals surface area contributed by atoms with E-state index >= 15 is 0 Å². The van der Waals surface area contributed by atoms with Crippen LogP contribution in [0.3, 0.4) is 0 Å². The lowest BCUT2D eigenvalue weighted by atomic mass is 10.0. The second-order valence-electron chi connectivity index (χ2n) is 7.51. The first-order valence-electron chi connectivity index (χ1n) is 8.13. The topological polar surface area (TPSA) is 123 Å². The molecule has 0 fully saturated rings. The van der Waals surface area contributed by atoms with Crippen LogP contribution in [-0.4, -0.2) is 59.4 Å². The number of aliphatic hydroxyl groups excluding tert-OH is 2. The van der Waals surface area contributed by atoms with Crippen molar-refractivity contribution in [3.63, 3.8) is 0 Å². The lowest BCUT2D eigenvalue weighted by Crippen LogP contribution is -2.48. The van der Waals surface area contributed by atoms with E-state index in [1.54, 1.807) is 41.5 Å². The van der Waals surface area contributed by atoms with Crippen molar-refractivity contribution in [2.45, 2.75) is 52.6 Å². The molecule has 0 saturated heterocycles. The summed E-state index contributed by atoms with van der Waals surface area (Å²) in [5.74, 6) is -1.17. The Hall–Kier alpha value is -1.54. The molecule has 0 aromatic rings. The molecule has 0 spiro atoms. The van der Waals surface area contributed by atoms with E-state index in [0.717, 1.165) is 0 Å². The van der Waals surface area contributed by atoms with Gasteiger partial charge in [-0.2, -0.15) is 10.2 Å². The SMILES string of the molecule is CC(CN=NCC(C)C(=O)NC(C)(C)CO)C(=O)NC(C)(C)CO. The number of carbonyl (C=O) groups is 2. The summed E-state index contributed by atoms with van der Waals surface area (Å²) in [4.78, 5) is 23.9. The number of aliphatic hydroxyl groups is 2. The highest BCUT2D eigenvalue weighted by molar-refractivity contribution is 5.79. The summed E-state index contributed by atoms with van der Waals surface area (Å²) in [6.45, 7) is 10.5. The van der Waals surface area contributed by atoms with Crippen LogP contribution in [0.4, 0.5) is 0 Å². The Bertz CT molecular complexity index is 409. The molecule has 0 aromatic carbocycles. The molecule has 0 heterocycles. The van der Waals surface area contributed by atoms with Crippen molar-refractivity contribution in [1.29, 1.82) is 0 Å². The van der Waals surface area contributed by atoms with Gasteiger partial charge in [0.1, 0.15) is 0 Å². The minimum Gasteiger partial charge on any atom is -0.394 e. The Morgan fingerprint density at radius 3 is 1.38 bits per heavy atom. The lowest BCUT2D eigenvalue weighted by molar-refractivity contribution is -0.127. The third-order valence-corrected chi connectivity index (χ3v) is 3.42. The van der Waals surface area contributed by atoms with Gasteiger partial charge >= 0.3 is 0 Å². The minimum absolute atomic E-state index is 0.149. The normalized spacial score (nSPS) is 15.2. The van der Waals surface area contributed by atoms with Crippen LogP contribution in [0.25, 0.3) is 0 Å². The van der Waals surface area contributed by atoms with Gasteiger partial charge in [0.2, 0.25) is 11.8 Å². The average Bonchev–Trinajstić information content (AvgIpc) is 2.50. The van der Waals surface area contributed by atoms with Gasteiger partial charge in [0.05, 0.1) is 49.2 Å². The van der Waals surface area contributed by atoms with Gasteiger partial charge < -0.3 is 20.8 Å². The highest BCUT2D eigenvalue weighted by atomic mass is 16.3. The van der Waals surface area contributed by atoms with E-state index in [0.29, 0.717) is 0 Å². The maximum absolute atomic E-state index is 11.9. The molecule has 140 valence electrons. The molecule has 2 atom stereocenters. The third-order valence-electron chi connectivity index (χ3n) is 3.42. The largest absolute Gasteiger partial charge is 0.394 e. The van der Waals surface area contributed by atoms with Gasteiger partial charge in [0, 0.05) is 0 Å². The number of azo groups is 1. The predicted octanol–water partition coefficient (Wildman–Crippen LogP) is 0.485. The molecule has 2 unspecified atom stereocenters. The minimum atomic E-state index is -0.672.